The summed E-state index contributed by atoms with van der Waals surface area (Å²) >= 11 is 1.42. The minimum atomic E-state index is -0.119. The molecule has 1 amide bonds. The molecule has 124 valence electrons. The molecule has 25 heavy (non-hydrogen) atoms. The highest BCUT2D eigenvalue weighted by Crippen LogP contribution is 2.21. The van der Waals surface area contributed by atoms with Crippen LogP contribution < -0.4 is 10.1 Å². The van der Waals surface area contributed by atoms with E-state index in [9.17, 15) is 4.79 Å². The number of nitrogens with one attached hydrogen (secondary N) is 1. The van der Waals surface area contributed by atoms with Gasteiger partial charge in [-0.25, -0.2) is 0 Å². The number of rotatable bonds is 5. The maximum Gasteiger partial charge on any atom is 0.265 e. The summed E-state index contributed by atoms with van der Waals surface area (Å²) < 4.78 is 5.77. The van der Waals surface area contributed by atoms with Gasteiger partial charge in [-0.15, -0.1) is 11.3 Å². The number of thiophene rings is 1. The van der Waals surface area contributed by atoms with Crippen molar-refractivity contribution < 1.29 is 9.53 Å². The standard InChI is InChI=1S/C20H16N2O2S/c1-14-8-9-25-19(14)20(23)22-17-6-3-7-18(11-17)24-13-16-5-2-4-15(10-16)12-21/h2-11H,13H2,1H3,(H,22,23). The third-order valence-corrected chi connectivity index (χ3v) is 4.64. The van der Waals surface area contributed by atoms with Crippen molar-refractivity contribution in [2.24, 2.45) is 0 Å². The Morgan fingerprint density at radius 3 is 2.80 bits per heavy atom. The first-order valence-electron chi connectivity index (χ1n) is 7.73. The van der Waals surface area contributed by atoms with Crippen LogP contribution in [0.3, 0.4) is 0 Å². The van der Waals surface area contributed by atoms with Crippen LogP contribution in [0.2, 0.25) is 0 Å². The van der Waals surface area contributed by atoms with E-state index < -0.39 is 0 Å². The molecule has 3 rings (SSSR count). The van der Waals surface area contributed by atoms with Gasteiger partial charge in [-0.1, -0.05) is 18.2 Å². The van der Waals surface area contributed by atoms with Crippen LogP contribution in [0.4, 0.5) is 5.69 Å². The summed E-state index contributed by atoms with van der Waals surface area (Å²) in [6, 6.07) is 18.6. The average molecular weight is 348 g/mol. The number of aryl methyl sites for hydroxylation is 1. The fraction of sp³-hybridized carbons (Fsp3) is 0.100. The first kappa shape index (κ1) is 16.7. The number of ether oxygens (including phenoxy) is 1. The van der Waals surface area contributed by atoms with Gasteiger partial charge in [-0.05, 0) is 53.8 Å². The van der Waals surface area contributed by atoms with E-state index in [0.29, 0.717) is 28.5 Å². The van der Waals surface area contributed by atoms with E-state index in [1.165, 1.54) is 11.3 Å². The number of hydrogen-bond acceptors (Lipinski definition) is 4. The van der Waals surface area contributed by atoms with Crippen LogP contribution in [0.1, 0.15) is 26.4 Å². The molecule has 0 unspecified atom stereocenters. The number of amides is 1. The molecule has 0 aliphatic carbocycles. The molecule has 2 aromatic carbocycles. The maximum absolute atomic E-state index is 12.3. The quantitative estimate of drug-likeness (QED) is 0.723. The van der Waals surface area contributed by atoms with Crippen molar-refractivity contribution in [3.8, 4) is 11.8 Å². The first-order valence-corrected chi connectivity index (χ1v) is 8.61. The molecule has 5 heteroatoms. The number of carbonyl (C=O) groups is 1. The molecule has 0 aliphatic rings. The summed E-state index contributed by atoms with van der Waals surface area (Å²) in [6.07, 6.45) is 0. The Morgan fingerprint density at radius 1 is 1.20 bits per heavy atom. The Hall–Kier alpha value is -3.10. The third-order valence-electron chi connectivity index (χ3n) is 3.62. The normalized spacial score (nSPS) is 10.1. The summed E-state index contributed by atoms with van der Waals surface area (Å²) in [6.45, 7) is 2.28. The average Bonchev–Trinajstić information content (AvgIpc) is 3.06. The Balaban J connectivity index is 1.66. The summed E-state index contributed by atoms with van der Waals surface area (Å²) in [5.41, 5.74) is 3.17. The highest BCUT2D eigenvalue weighted by atomic mass is 32.1. The molecule has 0 fully saturated rings. The molecule has 0 aliphatic heterocycles. The number of benzene rings is 2. The highest BCUT2D eigenvalue weighted by Gasteiger charge is 2.11. The first-order chi connectivity index (χ1) is 12.2. The van der Waals surface area contributed by atoms with E-state index >= 15 is 0 Å². The van der Waals surface area contributed by atoms with E-state index in [2.05, 4.69) is 11.4 Å². The Labute approximate surface area is 150 Å². The second-order valence-corrected chi connectivity index (χ2v) is 6.43. The van der Waals surface area contributed by atoms with Gasteiger partial charge in [0, 0.05) is 11.8 Å². The van der Waals surface area contributed by atoms with Crippen LogP contribution >= 0.6 is 11.3 Å². The lowest BCUT2D eigenvalue weighted by Gasteiger charge is -2.09. The van der Waals surface area contributed by atoms with Crippen molar-refractivity contribution in [3.05, 3.63) is 81.5 Å². The van der Waals surface area contributed by atoms with Crippen LogP contribution in [0.15, 0.2) is 60.0 Å². The highest BCUT2D eigenvalue weighted by molar-refractivity contribution is 7.12. The molecular formula is C20H16N2O2S. The molecular weight excluding hydrogens is 332 g/mol. The van der Waals surface area contributed by atoms with Crippen molar-refractivity contribution in [3.63, 3.8) is 0 Å². The number of nitrogens with zero attached hydrogens (tertiary/aromatic N) is 1. The molecule has 0 saturated carbocycles. The third kappa shape index (κ3) is 4.25. The molecule has 0 atom stereocenters. The predicted octanol–water partition coefficient (Wildman–Crippen LogP) is 4.76. The van der Waals surface area contributed by atoms with E-state index in [4.69, 9.17) is 10.00 Å². The smallest absolute Gasteiger partial charge is 0.265 e. The fourth-order valence-corrected chi connectivity index (χ4v) is 3.17. The van der Waals surface area contributed by atoms with Crippen LogP contribution in [-0.4, -0.2) is 5.91 Å². The molecule has 4 nitrogen and oxygen atoms in total. The van der Waals surface area contributed by atoms with Gasteiger partial charge < -0.3 is 10.1 Å². The lowest BCUT2D eigenvalue weighted by molar-refractivity contribution is 0.103. The van der Waals surface area contributed by atoms with Crippen molar-refractivity contribution in [2.45, 2.75) is 13.5 Å². The molecule has 1 N–H and O–H groups in total. The Morgan fingerprint density at radius 2 is 2.04 bits per heavy atom. The van der Waals surface area contributed by atoms with Gasteiger partial charge in [-0.2, -0.15) is 5.26 Å². The summed E-state index contributed by atoms with van der Waals surface area (Å²) in [7, 11) is 0. The predicted molar refractivity (Wildman–Crippen MR) is 98.9 cm³/mol. The van der Waals surface area contributed by atoms with E-state index in [1.54, 1.807) is 18.2 Å². The fourth-order valence-electron chi connectivity index (χ4n) is 2.35. The summed E-state index contributed by atoms with van der Waals surface area (Å²) in [5, 5.41) is 13.7. The number of nitriles is 1. The zero-order chi connectivity index (χ0) is 17.6. The Kier molecular flexibility index (Phi) is 5.12. The van der Waals surface area contributed by atoms with Crippen LogP contribution in [0.25, 0.3) is 0 Å². The van der Waals surface area contributed by atoms with Crippen molar-refractivity contribution in [1.29, 1.82) is 5.26 Å². The monoisotopic (exact) mass is 348 g/mol. The van der Waals surface area contributed by atoms with Crippen LogP contribution in [0, 0.1) is 18.3 Å². The van der Waals surface area contributed by atoms with Crippen molar-refractivity contribution in [1.82, 2.24) is 0 Å². The zero-order valence-corrected chi connectivity index (χ0v) is 14.5. The van der Waals surface area contributed by atoms with Crippen molar-refractivity contribution in [2.75, 3.05) is 5.32 Å². The second-order valence-electron chi connectivity index (χ2n) is 5.52. The van der Waals surface area contributed by atoms with Gasteiger partial charge in [0.15, 0.2) is 0 Å². The van der Waals surface area contributed by atoms with Gasteiger partial charge >= 0.3 is 0 Å². The van der Waals surface area contributed by atoms with Gasteiger partial charge in [0.05, 0.1) is 16.5 Å². The zero-order valence-electron chi connectivity index (χ0n) is 13.7. The number of carbonyl (C=O) groups excluding carboxylic acids is 1. The van der Waals surface area contributed by atoms with Gasteiger partial charge in [0.1, 0.15) is 12.4 Å². The molecule has 0 bridgehead atoms. The van der Waals surface area contributed by atoms with E-state index in [0.717, 1.165) is 11.1 Å². The number of hydrogen-bond donors (Lipinski definition) is 1. The second kappa shape index (κ2) is 7.65. The SMILES string of the molecule is Cc1ccsc1C(=O)Nc1cccc(OCc2cccc(C#N)c2)c1. The Bertz CT molecular complexity index is 941. The maximum atomic E-state index is 12.3. The number of anilines is 1. The molecule has 0 saturated heterocycles. The minimum Gasteiger partial charge on any atom is -0.489 e. The largest absolute Gasteiger partial charge is 0.489 e. The lowest BCUT2D eigenvalue weighted by atomic mass is 10.1. The van der Waals surface area contributed by atoms with Crippen molar-refractivity contribution >= 4 is 22.9 Å². The summed E-state index contributed by atoms with van der Waals surface area (Å²) in [5.74, 6) is 0.537. The molecule has 3 aromatic rings. The molecule has 1 aromatic heterocycles. The van der Waals surface area contributed by atoms with Gasteiger partial charge in [0.25, 0.3) is 5.91 Å². The van der Waals surface area contributed by atoms with Gasteiger partial charge in [-0.3, -0.25) is 4.79 Å². The van der Waals surface area contributed by atoms with Crippen LogP contribution in [0.5, 0.6) is 5.75 Å². The minimum absolute atomic E-state index is 0.119. The molecule has 0 spiro atoms. The molecule has 1 heterocycles. The molecule has 0 radical (unpaired) electrons. The van der Waals surface area contributed by atoms with E-state index in [1.807, 2.05) is 48.7 Å². The topological polar surface area (TPSA) is 62.1 Å². The van der Waals surface area contributed by atoms with E-state index in [-0.39, 0.29) is 5.91 Å². The summed E-state index contributed by atoms with van der Waals surface area (Å²) in [4.78, 5) is 13.0. The van der Waals surface area contributed by atoms with Gasteiger partial charge in [0.2, 0.25) is 0 Å². The lowest BCUT2D eigenvalue weighted by Crippen LogP contribution is -2.11. The van der Waals surface area contributed by atoms with Crippen LogP contribution in [-0.2, 0) is 6.61 Å².